The van der Waals surface area contributed by atoms with Crippen molar-refractivity contribution in [3.63, 3.8) is 0 Å². The molecule has 1 atom stereocenters. The number of carbonyl (C=O) groups excluding carboxylic acids is 1. The van der Waals surface area contributed by atoms with E-state index in [-0.39, 0.29) is 22.8 Å². The molecule has 25 heavy (non-hydrogen) atoms. The third kappa shape index (κ3) is 3.60. The normalized spacial score (nSPS) is 18.0. The van der Waals surface area contributed by atoms with Gasteiger partial charge in [0.25, 0.3) is 5.91 Å². The van der Waals surface area contributed by atoms with E-state index < -0.39 is 11.7 Å². The van der Waals surface area contributed by atoms with Gasteiger partial charge in [-0.25, -0.2) is 4.39 Å². The fourth-order valence-corrected chi connectivity index (χ4v) is 3.14. The summed E-state index contributed by atoms with van der Waals surface area (Å²) in [6.07, 6.45) is 1.67. The fraction of sp³-hybridized carbons (Fsp3) is 0.200. The fourth-order valence-electron chi connectivity index (χ4n) is 3.14. The number of rotatable bonds is 4. The number of aliphatic hydroxyl groups is 1. The van der Waals surface area contributed by atoms with Gasteiger partial charge in [-0.05, 0) is 24.1 Å². The summed E-state index contributed by atoms with van der Waals surface area (Å²) in [5, 5.41) is 17.9. The van der Waals surface area contributed by atoms with Crippen molar-refractivity contribution in [3.8, 4) is 0 Å². The predicted molar refractivity (Wildman–Crippen MR) is 95.1 cm³/mol. The van der Waals surface area contributed by atoms with Crippen molar-refractivity contribution in [2.45, 2.75) is 12.3 Å². The predicted octanol–water partition coefficient (Wildman–Crippen LogP) is 3.76. The van der Waals surface area contributed by atoms with Gasteiger partial charge >= 0.3 is 0 Å². The maximum absolute atomic E-state index is 13.3. The zero-order chi connectivity index (χ0) is 17.8. The Hall–Kier alpha value is -2.95. The number of nitrogens with zero attached hydrogens (tertiary/aromatic N) is 1. The van der Waals surface area contributed by atoms with Crippen LogP contribution in [-0.4, -0.2) is 35.2 Å². The molecule has 1 fully saturated rings. The first-order valence-corrected chi connectivity index (χ1v) is 8.14. The summed E-state index contributed by atoms with van der Waals surface area (Å²) in [6, 6.07) is 15.3. The minimum atomic E-state index is -0.508. The number of aliphatic hydroxyl groups excluding tert-OH is 1. The van der Waals surface area contributed by atoms with E-state index in [0.29, 0.717) is 13.1 Å². The molecule has 0 radical (unpaired) electrons. The van der Waals surface area contributed by atoms with Gasteiger partial charge in [0.2, 0.25) is 0 Å². The first-order chi connectivity index (χ1) is 12.1. The number of hydrogen-bond donors (Lipinski definition) is 2. The minimum absolute atomic E-state index is 0.126. The van der Waals surface area contributed by atoms with Crippen LogP contribution in [0.4, 0.5) is 4.39 Å². The number of carbonyl (C=O) groups is 1. The van der Waals surface area contributed by atoms with E-state index in [9.17, 15) is 14.3 Å². The third-order valence-corrected chi connectivity index (χ3v) is 4.47. The van der Waals surface area contributed by atoms with Gasteiger partial charge in [0, 0.05) is 30.8 Å². The molecule has 0 aliphatic carbocycles. The molecule has 0 bridgehead atoms. The lowest BCUT2D eigenvalue weighted by Crippen LogP contribution is -2.30. The standard InChI is InChI=1S/C20H19FN2O2/c21-17-8-4-7-15(11-17)19(24)18(12-22)20(25)23-10-9-16(13-23)14-5-2-1-3-6-14/h1-8,11-12,16,22,24H,9-10,13H2/b19-18+,22-12?. The first-order valence-electron chi connectivity index (χ1n) is 8.14. The molecule has 128 valence electrons. The molecule has 1 unspecified atom stereocenters. The second-order valence-corrected chi connectivity index (χ2v) is 6.06. The molecule has 5 heteroatoms. The van der Waals surface area contributed by atoms with Crippen LogP contribution in [0.5, 0.6) is 0 Å². The van der Waals surface area contributed by atoms with Crippen LogP contribution >= 0.6 is 0 Å². The average Bonchev–Trinajstić information content (AvgIpc) is 3.13. The van der Waals surface area contributed by atoms with Gasteiger partial charge in [0.05, 0.1) is 5.57 Å². The van der Waals surface area contributed by atoms with Gasteiger partial charge in [-0.15, -0.1) is 0 Å². The van der Waals surface area contributed by atoms with E-state index in [0.717, 1.165) is 18.7 Å². The topological polar surface area (TPSA) is 64.4 Å². The molecule has 2 N–H and O–H groups in total. The Morgan fingerprint density at radius 2 is 1.96 bits per heavy atom. The third-order valence-electron chi connectivity index (χ3n) is 4.47. The maximum Gasteiger partial charge on any atom is 0.259 e. The monoisotopic (exact) mass is 338 g/mol. The second-order valence-electron chi connectivity index (χ2n) is 6.06. The Labute approximate surface area is 145 Å². The van der Waals surface area contributed by atoms with Crippen molar-refractivity contribution in [2.24, 2.45) is 0 Å². The molecule has 1 aliphatic heterocycles. The van der Waals surface area contributed by atoms with E-state index in [4.69, 9.17) is 5.41 Å². The molecule has 2 aromatic carbocycles. The van der Waals surface area contributed by atoms with E-state index in [1.54, 1.807) is 4.90 Å². The van der Waals surface area contributed by atoms with Crippen LogP contribution in [0, 0.1) is 11.2 Å². The van der Waals surface area contributed by atoms with Crippen molar-refractivity contribution in [3.05, 3.63) is 77.1 Å². The molecule has 1 amide bonds. The number of hydrogen-bond acceptors (Lipinski definition) is 3. The molecule has 0 aromatic heterocycles. The summed E-state index contributed by atoms with van der Waals surface area (Å²) in [7, 11) is 0. The van der Waals surface area contributed by atoms with Gasteiger partial charge < -0.3 is 15.4 Å². The molecule has 1 saturated heterocycles. The molecular weight excluding hydrogens is 319 g/mol. The molecule has 0 spiro atoms. The van der Waals surface area contributed by atoms with E-state index >= 15 is 0 Å². The maximum atomic E-state index is 13.3. The molecule has 2 aromatic rings. The van der Waals surface area contributed by atoms with Crippen LogP contribution in [0.1, 0.15) is 23.5 Å². The summed E-state index contributed by atoms with van der Waals surface area (Å²) >= 11 is 0. The van der Waals surface area contributed by atoms with E-state index in [1.807, 2.05) is 30.3 Å². The Balaban J connectivity index is 1.81. The molecular formula is C20H19FN2O2. The summed E-state index contributed by atoms with van der Waals surface area (Å²) in [6.45, 7) is 1.10. The van der Waals surface area contributed by atoms with Crippen LogP contribution in [0.3, 0.4) is 0 Å². The number of amides is 1. The first kappa shape index (κ1) is 16.9. The number of likely N-dealkylation sites (tertiary alicyclic amines) is 1. The van der Waals surface area contributed by atoms with Crippen LogP contribution in [0.15, 0.2) is 60.2 Å². The largest absolute Gasteiger partial charge is 0.506 e. The molecule has 0 saturated carbocycles. The number of benzene rings is 2. The number of nitrogens with one attached hydrogen (secondary N) is 1. The van der Waals surface area contributed by atoms with Crippen molar-refractivity contribution >= 4 is 17.9 Å². The van der Waals surface area contributed by atoms with Gasteiger partial charge in [0.1, 0.15) is 11.6 Å². The highest BCUT2D eigenvalue weighted by molar-refractivity contribution is 6.16. The van der Waals surface area contributed by atoms with Gasteiger partial charge in [0.15, 0.2) is 0 Å². The summed E-state index contributed by atoms with van der Waals surface area (Å²) in [4.78, 5) is 14.3. The zero-order valence-corrected chi connectivity index (χ0v) is 13.7. The van der Waals surface area contributed by atoms with Crippen molar-refractivity contribution in [1.29, 1.82) is 5.41 Å². The lowest BCUT2D eigenvalue weighted by atomic mass is 9.99. The van der Waals surface area contributed by atoms with Crippen LogP contribution in [-0.2, 0) is 4.79 Å². The molecule has 1 aliphatic rings. The van der Waals surface area contributed by atoms with Gasteiger partial charge in [-0.3, -0.25) is 4.79 Å². The Morgan fingerprint density at radius 3 is 2.64 bits per heavy atom. The smallest absolute Gasteiger partial charge is 0.259 e. The highest BCUT2D eigenvalue weighted by Gasteiger charge is 2.29. The van der Waals surface area contributed by atoms with Crippen molar-refractivity contribution < 1.29 is 14.3 Å². The summed E-state index contributed by atoms with van der Waals surface area (Å²) in [5.41, 5.74) is 1.23. The molecule has 3 rings (SSSR count). The van der Waals surface area contributed by atoms with Crippen LogP contribution in [0.25, 0.3) is 5.76 Å². The van der Waals surface area contributed by atoms with Crippen molar-refractivity contribution in [2.75, 3.05) is 13.1 Å². The average molecular weight is 338 g/mol. The van der Waals surface area contributed by atoms with Crippen molar-refractivity contribution in [1.82, 2.24) is 4.90 Å². The Morgan fingerprint density at radius 1 is 1.20 bits per heavy atom. The molecule has 4 nitrogen and oxygen atoms in total. The van der Waals surface area contributed by atoms with E-state index in [1.165, 1.54) is 23.8 Å². The highest BCUT2D eigenvalue weighted by Crippen LogP contribution is 2.28. The van der Waals surface area contributed by atoms with Gasteiger partial charge in [-0.1, -0.05) is 42.5 Å². The lowest BCUT2D eigenvalue weighted by Gasteiger charge is -2.18. The SMILES string of the molecule is N=C/C(C(=O)N1CCC(c2ccccc2)C1)=C(\O)c1cccc(F)c1. The summed E-state index contributed by atoms with van der Waals surface area (Å²) in [5.74, 6) is -1.04. The zero-order valence-electron chi connectivity index (χ0n) is 13.7. The van der Waals surface area contributed by atoms with Crippen LogP contribution in [0.2, 0.25) is 0 Å². The number of halogens is 1. The van der Waals surface area contributed by atoms with Crippen LogP contribution < -0.4 is 0 Å². The molecule has 1 heterocycles. The Bertz CT molecular complexity index is 817. The van der Waals surface area contributed by atoms with Gasteiger partial charge in [-0.2, -0.15) is 0 Å². The second kappa shape index (κ2) is 7.30. The lowest BCUT2D eigenvalue weighted by molar-refractivity contribution is -0.125. The highest BCUT2D eigenvalue weighted by atomic mass is 19.1. The van der Waals surface area contributed by atoms with E-state index in [2.05, 4.69) is 0 Å². The minimum Gasteiger partial charge on any atom is -0.506 e. The quantitative estimate of drug-likeness (QED) is 0.506. The summed E-state index contributed by atoms with van der Waals surface area (Å²) < 4.78 is 13.3. The Kier molecular flexibility index (Phi) is 4.93.